The summed E-state index contributed by atoms with van der Waals surface area (Å²) in [7, 11) is 0. The SMILES string of the molecule is O=C(O)C(CSCCCO)(NC1CC1)c1ccccc1. The second-order valence-electron chi connectivity index (χ2n) is 5.12. The molecule has 0 bridgehead atoms. The molecule has 2 rings (SSSR count). The Balaban J connectivity index is 2.17. The zero-order valence-corrected chi connectivity index (χ0v) is 12.2. The Bertz CT molecular complexity index is 436. The predicted octanol–water partition coefficient (Wildman–Crippen LogP) is 1.83. The number of aliphatic hydroxyl groups excluding tert-OH is 1. The fraction of sp³-hybridized carbons (Fsp3) is 0.533. The number of benzene rings is 1. The van der Waals surface area contributed by atoms with Crippen molar-refractivity contribution in [1.29, 1.82) is 0 Å². The number of thioether (sulfide) groups is 1. The molecule has 1 saturated carbocycles. The van der Waals surface area contributed by atoms with Gasteiger partial charge in [0.1, 0.15) is 0 Å². The second kappa shape index (κ2) is 7.11. The molecule has 20 heavy (non-hydrogen) atoms. The van der Waals surface area contributed by atoms with E-state index in [2.05, 4.69) is 5.32 Å². The van der Waals surface area contributed by atoms with Gasteiger partial charge in [-0.1, -0.05) is 30.3 Å². The van der Waals surface area contributed by atoms with E-state index in [1.165, 1.54) is 0 Å². The monoisotopic (exact) mass is 295 g/mol. The van der Waals surface area contributed by atoms with E-state index in [1.807, 2.05) is 30.3 Å². The lowest BCUT2D eigenvalue weighted by Gasteiger charge is -2.31. The minimum Gasteiger partial charge on any atom is -0.480 e. The lowest BCUT2D eigenvalue weighted by molar-refractivity contribution is -0.144. The third-order valence-electron chi connectivity index (χ3n) is 3.42. The van der Waals surface area contributed by atoms with Gasteiger partial charge in [0.05, 0.1) is 0 Å². The highest BCUT2D eigenvalue weighted by molar-refractivity contribution is 7.99. The minimum absolute atomic E-state index is 0.147. The first-order valence-electron chi connectivity index (χ1n) is 6.94. The van der Waals surface area contributed by atoms with Gasteiger partial charge in [0.2, 0.25) is 0 Å². The molecule has 3 N–H and O–H groups in total. The van der Waals surface area contributed by atoms with Gasteiger partial charge < -0.3 is 10.2 Å². The van der Waals surface area contributed by atoms with Crippen LogP contribution in [0.3, 0.4) is 0 Å². The molecule has 1 unspecified atom stereocenters. The maximum absolute atomic E-state index is 11.9. The van der Waals surface area contributed by atoms with Crippen molar-refractivity contribution >= 4 is 17.7 Å². The Hall–Kier alpha value is -1.04. The zero-order chi connectivity index (χ0) is 14.4. The number of hydrogen-bond donors (Lipinski definition) is 3. The van der Waals surface area contributed by atoms with Crippen molar-refractivity contribution in [1.82, 2.24) is 5.32 Å². The molecule has 110 valence electrons. The number of carboxylic acids is 1. The number of nitrogens with one attached hydrogen (secondary N) is 1. The van der Waals surface area contributed by atoms with Crippen LogP contribution in [0.4, 0.5) is 0 Å². The molecule has 0 heterocycles. The molecule has 1 aliphatic rings. The van der Waals surface area contributed by atoms with Crippen LogP contribution in [0.2, 0.25) is 0 Å². The second-order valence-corrected chi connectivity index (χ2v) is 6.23. The summed E-state index contributed by atoms with van der Waals surface area (Å²) < 4.78 is 0. The van der Waals surface area contributed by atoms with Gasteiger partial charge in [-0.15, -0.1) is 0 Å². The molecule has 0 radical (unpaired) electrons. The fourth-order valence-corrected chi connectivity index (χ4v) is 3.30. The van der Waals surface area contributed by atoms with Crippen LogP contribution in [-0.4, -0.2) is 40.3 Å². The maximum atomic E-state index is 11.9. The van der Waals surface area contributed by atoms with Gasteiger partial charge in [0.15, 0.2) is 5.54 Å². The summed E-state index contributed by atoms with van der Waals surface area (Å²) in [6, 6.07) is 9.70. The lowest BCUT2D eigenvalue weighted by Crippen LogP contribution is -2.52. The van der Waals surface area contributed by atoms with Crippen LogP contribution in [0.15, 0.2) is 30.3 Å². The molecular formula is C15H21NO3S. The first-order chi connectivity index (χ1) is 9.69. The Kier molecular flexibility index (Phi) is 5.46. The van der Waals surface area contributed by atoms with Crippen molar-refractivity contribution < 1.29 is 15.0 Å². The van der Waals surface area contributed by atoms with Crippen LogP contribution in [0, 0.1) is 0 Å². The topological polar surface area (TPSA) is 69.6 Å². The summed E-state index contributed by atoms with van der Waals surface area (Å²) >= 11 is 1.57. The van der Waals surface area contributed by atoms with Gasteiger partial charge in [-0.3, -0.25) is 5.32 Å². The summed E-state index contributed by atoms with van der Waals surface area (Å²) in [6.45, 7) is 0.147. The van der Waals surface area contributed by atoms with E-state index in [1.54, 1.807) is 11.8 Å². The van der Waals surface area contributed by atoms with Gasteiger partial charge in [-0.25, -0.2) is 4.79 Å². The Morgan fingerprint density at radius 3 is 2.60 bits per heavy atom. The van der Waals surface area contributed by atoms with E-state index in [0.717, 1.165) is 24.2 Å². The van der Waals surface area contributed by atoms with Crippen LogP contribution < -0.4 is 5.32 Å². The average molecular weight is 295 g/mol. The molecule has 5 heteroatoms. The summed E-state index contributed by atoms with van der Waals surface area (Å²) in [4.78, 5) is 11.9. The standard InChI is InChI=1S/C15H21NO3S/c17-9-4-10-20-11-15(14(18)19,16-13-7-8-13)12-5-2-1-3-6-12/h1-3,5-6,13,16-17H,4,7-11H2,(H,18,19). The zero-order valence-electron chi connectivity index (χ0n) is 11.4. The largest absolute Gasteiger partial charge is 0.480 e. The number of aliphatic carboxylic acids is 1. The third kappa shape index (κ3) is 3.75. The molecule has 0 amide bonds. The van der Waals surface area contributed by atoms with Crippen molar-refractivity contribution in [2.24, 2.45) is 0 Å². The van der Waals surface area contributed by atoms with E-state index in [9.17, 15) is 9.90 Å². The normalized spacial score (nSPS) is 17.6. The van der Waals surface area contributed by atoms with Crippen LogP contribution in [-0.2, 0) is 10.3 Å². The van der Waals surface area contributed by atoms with E-state index < -0.39 is 11.5 Å². The van der Waals surface area contributed by atoms with Gasteiger partial charge in [-0.05, 0) is 30.6 Å². The molecule has 1 atom stereocenters. The first-order valence-corrected chi connectivity index (χ1v) is 8.10. The number of aliphatic hydroxyl groups is 1. The highest BCUT2D eigenvalue weighted by Crippen LogP contribution is 2.32. The van der Waals surface area contributed by atoms with Crippen molar-refractivity contribution in [2.75, 3.05) is 18.1 Å². The van der Waals surface area contributed by atoms with E-state index in [-0.39, 0.29) is 6.61 Å². The Labute approximate surface area is 123 Å². The number of carboxylic acid groups (broad SMARTS) is 1. The van der Waals surface area contributed by atoms with Crippen LogP contribution in [0.1, 0.15) is 24.8 Å². The van der Waals surface area contributed by atoms with Gasteiger partial charge in [0, 0.05) is 18.4 Å². The van der Waals surface area contributed by atoms with Crippen molar-refractivity contribution in [2.45, 2.75) is 30.8 Å². The summed E-state index contributed by atoms with van der Waals surface area (Å²) in [5.74, 6) is 0.417. The molecule has 0 saturated heterocycles. The van der Waals surface area contributed by atoms with E-state index in [0.29, 0.717) is 18.2 Å². The maximum Gasteiger partial charge on any atom is 0.329 e. The Morgan fingerprint density at radius 2 is 2.05 bits per heavy atom. The summed E-state index contributed by atoms with van der Waals surface area (Å²) in [5, 5.41) is 21.9. The van der Waals surface area contributed by atoms with Gasteiger partial charge >= 0.3 is 5.97 Å². The van der Waals surface area contributed by atoms with Crippen molar-refractivity contribution in [3.8, 4) is 0 Å². The molecular weight excluding hydrogens is 274 g/mol. The molecule has 1 fully saturated rings. The minimum atomic E-state index is -1.03. The van der Waals surface area contributed by atoms with E-state index in [4.69, 9.17) is 5.11 Å². The van der Waals surface area contributed by atoms with E-state index >= 15 is 0 Å². The van der Waals surface area contributed by atoms with Crippen LogP contribution in [0.5, 0.6) is 0 Å². The summed E-state index contributed by atoms with van der Waals surface area (Å²) in [6.07, 6.45) is 2.78. The van der Waals surface area contributed by atoms with Gasteiger partial charge in [0.25, 0.3) is 0 Å². The predicted molar refractivity (Wildman–Crippen MR) is 80.9 cm³/mol. The fourth-order valence-electron chi connectivity index (χ4n) is 2.15. The average Bonchev–Trinajstić information content (AvgIpc) is 3.27. The molecule has 1 aromatic rings. The molecule has 1 aromatic carbocycles. The van der Waals surface area contributed by atoms with Crippen LogP contribution >= 0.6 is 11.8 Å². The quantitative estimate of drug-likeness (QED) is 0.606. The highest BCUT2D eigenvalue weighted by Gasteiger charge is 2.43. The Morgan fingerprint density at radius 1 is 1.35 bits per heavy atom. The highest BCUT2D eigenvalue weighted by atomic mass is 32.2. The molecule has 0 aliphatic heterocycles. The molecule has 0 aromatic heterocycles. The van der Waals surface area contributed by atoms with Crippen LogP contribution in [0.25, 0.3) is 0 Å². The molecule has 1 aliphatic carbocycles. The van der Waals surface area contributed by atoms with Crippen molar-refractivity contribution in [3.63, 3.8) is 0 Å². The molecule has 4 nitrogen and oxygen atoms in total. The van der Waals surface area contributed by atoms with Crippen molar-refractivity contribution in [3.05, 3.63) is 35.9 Å². The van der Waals surface area contributed by atoms with Gasteiger partial charge in [-0.2, -0.15) is 11.8 Å². The third-order valence-corrected chi connectivity index (χ3v) is 4.64. The molecule has 0 spiro atoms. The number of carbonyl (C=O) groups is 1. The summed E-state index contributed by atoms with van der Waals surface area (Å²) in [5.41, 5.74) is -0.223. The number of rotatable bonds is 9. The smallest absolute Gasteiger partial charge is 0.329 e. The number of hydrogen-bond acceptors (Lipinski definition) is 4. The lowest BCUT2D eigenvalue weighted by atomic mass is 9.91. The first kappa shape index (κ1) is 15.4.